The maximum Gasteiger partial charge on any atom is 0.303 e. The summed E-state index contributed by atoms with van der Waals surface area (Å²) in [6, 6.07) is 0. The maximum atomic E-state index is 17.7. The van der Waals surface area contributed by atoms with Gasteiger partial charge in [-0.15, -0.1) is 0 Å². The van der Waals surface area contributed by atoms with E-state index in [0.29, 0.717) is 18.8 Å². The molecule has 2 bridgehead atoms. The Bertz CT molecular complexity index is 1310. The van der Waals surface area contributed by atoms with E-state index in [-0.39, 0.29) is 41.6 Å². The van der Waals surface area contributed by atoms with Gasteiger partial charge in [-0.1, -0.05) is 41.5 Å². The SMILES string of the molecule is CC(=O)OC[C@@]1(C)[C@@H]2CC[C@]3(C)[C@H](C[C@@H](F)[C@]45NC(=O)[C@@]6(CC[C@@H](C)[C@H](C)[C@H]64)CC[C@]53C)[C@@]2(C)C[C@@H](OC(C)=O)[C@@H]1OC(C)=O. The topological polar surface area (TPSA) is 108 Å². The van der Waals surface area contributed by atoms with Crippen LogP contribution in [-0.2, 0) is 33.4 Å². The molecule has 0 radical (unpaired) electrons. The summed E-state index contributed by atoms with van der Waals surface area (Å²) >= 11 is 0. The number of rotatable bonds is 4. The van der Waals surface area contributed by atoms with Gasteiger partial charge in [-0.25, -0.2) is 4.39 Å². The molecule has 14 atom stereocenters. The van der Waals surface area contributed by atoms with Gasteiger partial charge in [0.05, 0.1) is 11.0 Å². The second-order valence-corrected chi connectivity index (χ2v) is 17.1. The fourth-order valence-electron chi connectivity index (χ4n) is 13.3. The van der Waals surface area contributed by atoms with E-state index in [1.54, 1.807) is 0 Å². The summed E-state index contributed by atoms with van der Waals surface area (Å²) < 4.78 is 35.3. The number of hydrogen-bond donors (Lipinski definition) is 1. The lowest BCUT2D eigenvalue weighted by Crippen LogP contribution is -2.79. The standard InChI is InChI=1S/C36H54FNO7/c1-19-10-13-35-15-14-34(9)33(8)12-11-25-31(6,26(33)16-27(37)36(34,38-30(35)42)28(35)20(19)2)17-24(44-22(4)40)29(45-23(5)41)32(25,7)18-43-21(3)39/h19-20,24-29H,10-18H2,1-9H3,(H,38,42)/t19-,20+,24-,25-,26-,27-,28-,29+,31+,32+,33-,34+,35+,36+/m1/s1. The molecule has 252 valence electrons. The van der Waals surface area contributed by atoms with Crippen LogP contribution in [-0.4, -0.2) is 54.3 Å². The Labute approximate surface area is 267 Å². The Morgan fingerprint density at radius 3 is 2.18 bits per heavy atom. The molecule has 6 rings (SSSR count). The largest absolute Gasteiger partial charge is 0.465 e. The highest BCUT2D eigenvalue weighted by atomic mass is 19.1. The van der Waals surface area contributed by atoms with E-state index in [9.17, 15) is 19.2 Å². The third-order valence-electron chi connectivity index (χ3n) is 15.4. The van der Waals surface area contributed by atoms with Crippen LogP contribution < -0.4 is 5.32 Å². The quantitative estimate of drug-likeness (QED) is 0.302. The number of carbonyl (C=O) groups excluding carboxylic acids is 4. The van der Waals surface area contributed by atoms with Gasteiger partial charge in [-0.05, 0) is 91.3 Å². The molecule has 1 N–H and O–H groups in total. The third-order valence-corrected chi connectivity index (χ3v) is 15.4. The molecule has 0 unspecified atom stereocenters. The van der Waals surface area contributed by atoms with Crippen LogP contribution in [0.1, 0.15) is 114 Å². The Morgan fingerprint density at radius 2 is 1.56 bits per heavy atom. The predicted octanol–water partition coefficient (Wildman–Crippen LogP) is 5.94. The second kappa shape index (κ2) is 10.2. The van der Waals surface area contributed by atoms with Crippen molar-refractivity contribution in [2.24, 2.45) is 56.7 Å². The molecule has 0 aromatic rings. The molecule has 1 amide bonds. The van der Waals surface area contributed by atoms with Gasteiger partial charge in [0, 0.05) is 32.1 Å². The van der Waals surface area contributed by atoms with Crippen LogP contribution in [0.4, 0.5) is 4.39 Å². The molecule has 9 heteroatoms. The van der Waals surface area contributed by atoms with Gasteiger partial charge in [0.2, 0.25) is 5.91 Å². The molecule has 0 aromatic carbocycles. The van der Waals surface area contributed by atoms with Crippen molar-refractivity contribution < 1.29 is 37.8 Å². The zero-order valence-corrected chi connectivity index (χ0v) is 28.7. The summed E-state index contributed by atoms with van der Waals surface area (Å²) in [5, 5.41) is 3.46. The van der Waals surface area contributed by atoms with Gasteiger partial charge in [0.1, 0.15) is 25.0 Å². The highest BCUT2D eigenvalue weighted by molar-refractivity contribution is 5.88. The Balaban J connectivity index is 1.48. The molecule has 45 heavy (non-hydrogen) atoms. The Morgan fingerprint density at radius 1 is 0.889 bits per heavy atom. The summed E-state index contributed by atoms with van der Waals surface area (Å²) in [7, 11) is 0. The van der Waals surface area contributed by atoms with E-state index >= 15 is 4.39 Å². The number of fused-ring (bicyclic) bond motifs is 4. The molecule has 0 aromatic heterocycles. The van der Waals surface area contributed by atoms with Gasteiger partial charge >= 0.3 is 17.9 Å². The summed E-state index contributed by atoms with van der Waals surface area (Å²) in [4.78, 5) is 51.1. The van der Waals surface area contributed by atoms with Crippen molar-refractivity contribution in [3.8, 4) is 0 Å². The van der Waals surface area contributed by atoms with Crippen LogP contribution in [0, 0.1) is 56.7 Å². The minimum atomic E-state index is -1.24. The second-order valence-electron chi connectivity index (χ2n) is 17.1. The number of ether oxygens (including phenoxy) is 3. The summed E-state index contributed by atoms with van der Waals surface area (Å²) in [5.41, 5.74) is -3.66. The fourth-order valence-corrected chi connectivity index (χ4v) is 13.3. The van der Waals surface area contributed by atoms with Crippen molar-refractivity contribution in [3.63, 3.8) is 0 Å². The number of alkyl halides is 1. The van der Waals surface area contributed by atoms with Gasteiger partial charge in [-0.3, -0.25) is 19.2 Å². The molecule has 5 saturated carbocycles. The molecule has 8 nitrogen and oxygen atoms in total. The average molecular weight is 632 g/mol. The lowest BCUT2D eigenvalue weighted by molar-refractivity contribution is -0.291. The van der Waals surface area contributed by atoms with Crippen LogP contribution >= 0.6 is 0 Å². The molecule has 1 heterocycles. The lowest BCUT2D eigenvalue weighted by atomic mass is 9.29. The number of nitrogens with one attached hydrogen (secondary N) is 1. The van der Waals surface area contributed by atoms with Gasteiger partial charge in [0.25, 0.3) is 0 Å². The van der Waals surface area contributed by atoms with Crippen LogP contribution in [0.2, 0.25) is 0 Å². The van der Waals surface area contributed by atoms with Crippen molar-refractivity contribution in [1.82, 2.24) is 5.32 Å². The van der Waals surface area contributed by atoms with Crippen molar-refractivity contribution in [3.05, 3.63) is 0 Å². The highest BCUT2D eigenvalue weighted by Gasteiger charge is 2.83. The van der Waals surface area contributed by atoms with Gasteiger partial charge in [0.15, 0.2) is 0 Å². The van der Waals surface area contributed by atoms with Crippen molar-refractivity contribution in [1.29, 1.82) is 0 Å². The fraction of sp³-hybridized carbons (Fsp3) is 0.889. The molecule has 6 fully saturated rings. The van der Waals surface area contributed by atoms with E-state index < -0.39 is 63.5 Å². The number of halogens is 1. The summed E-state index contributed by atoms with van der Waals surface area (Å²) in [6.07, 6.45) is 2.82. The predicted molar refractivity (Wildman–Crippen MR) is 164 cm³/mol. The van der Waals surface area contributed by atoms with E-state index in [4.69, 9.17) is 14.2 Å². The first-order chi connectivity index (χ1) is 20.8. The number of hydrogen-bond acceptors (Lipinski definition) is 7. The minimum absolute atomic E-state index is 0.00194. The molecule has 1 aliphatic heterocycles. The monoisotopic (exact) mass is 631 g/mol. The first kappa shape index (κ1) is 32.7. The van der Waals surface area contributed by atoms with Crippen LogP contribution in [0.5, 0.6) is 0 Å². The first-order valence-corrected chi connectivity index (χ1v) is 17.3. The molecular weight excluding hydrogens is 577 g/mol. The zero-order valence-electron chi connectivity index (χ0n) is 28.7. The minimum Gasteiger partial charge on any atom is -0.465 e. The number of amides is 1. The van der Waals surface area contributed by atoms with Gasteiger partial charge < -0.3 is 19.5 Å². The number of esters is 3. The zero-order chi connectivity index (χ0) is 33.1. The molecule has 6 aliphatic rings. The Hall–Kier alpha value is -2.19. The smallest absolute Gasteiger partial charge is 0.303 e. The first-order valence-electron chi connectivity index (χ1n) is 17.3. The van der Waals surface area contributed by atoms with Crippen LogP contribution in [0.15, 0.2) is 0 Å². The van der Waals surface area contributed by atoms with E-state index in [0.717, 1.165) is 38.5 Å². The molecule has 1 spiro atoms. The van der Waals surface area contributed by atoms with E-state index in [1.165, 1.54) is 20.8 Å². The molecule has 5 aliphatic carbocycles. The average Bonchev–Trinajstić information content (AvgIpc) is 3.15. The van der Waals surface area contributed by atoms with Crippen molar-refractivity contribution in [2.45, 2.75) is 138 Å². The van der Waals surface area contributed by atoms with Gasteiger partial charge in [-0.2, -0.15) is 0 Å². The summed E-state index contributed by atoms with van der Waals surface area (Å²) in [5.74, 6) is -0.975. The van der Waals surface area contributed by atoms with Crippen molar-refractivity contribution >= 4 is 23.8 Å². The molecule has 1 saturated heterocycles. The summed E-state index contributed by atoms with van der Waals surface area (Å²) in [6.45, 7) is 17.3. The maximum absolute atomic E-state index is 17.7. The highest BCUT2D eigenvalue weighted by Crippen LogP contribution is 2.80. The van der Waals surface area contributed by atoms with Crippen LogP contribution in [0.3, 0.4) is 0 Å². The van der Waals surface area contributed by atoms with E-state index in [2.05, 4.69) is 39.9 Å². The molecular formula is C36H54FNO7. The Kier molecular flexibility index (Phi) is 7.39. The van der Waals surface area contributed by atoms with Crippen molar-refractivity contribution in [2.75, 3.05) is 6.61 Å². The van der Waals surface area contributed by atoms with Crippen LogP contribution in [0.25, 0.3) is 0 Å². The lowest BCUT2D eigenvalue weighted by Gasteiger charge is -2.75. The third kappa shape index (κ3) is 3.99. The van der Waals surface area contributed by atoms with E-state index in [1.807, 2.05) is 6.92 Å². The normalized spacial score (nSPS) is 53.1. The number of carbonyl (C=O) groups is 4.